The maximum atomic E-state index is 12.0. The van der Waals surface area contributed by atoms with E-state index >= 15 is 0 Å². The Morgan fingerprint density at radius 3 is 2.48 bits per heavy atom. The summed E-state index contributed by atoms with van der Waals surface area (Å²) in [5.41, 5.74) is 2.78. The maximum Gasteiger partial charge on any atom is 0.230 e. The highest BCUT2D eigenvalue weighted by atomic mass is 16.4. The van der Waals surface area contributed by atoms with E-state index in [1.54, 1.807) is 29.6 Å². The van der Waals surface area contributed by atoms with Gasteiger partial charge in [-0.2, -0.15) is 0 Å². The minimum Gasteiger partial charge on any atom is -0.544 e. The van der Waals surface area contributed by atoms with Gasteiger partial charge in [-0.3, -0.25) is 4.79 Å². The summed E-state index contributed by atoms with van der Waals surface area (Å²) in [6, 6.07) is 16.0. The van der Waals surface area contributed by atoms with Gasteiger partial charge in [0.05, 0.1) is 25.5 Å². The molecule has 6 heteroatoms. The zero-order valence-corrected chi connectivity index (χ0v) is 14.2. The average Bonchev–Trinajstić information content (AvgIpc) is 2.58. The van der Waals surface area contributed by atoms with E-state index in [2.05, 4.69) is 10.6 Å². The Kier molecular flexibility index (Phi) is 6.98. The smallest absolute Gasteiger partial charge is 0.230 e. The molecule has 0 fully saturated rings. The number of carboxylic acids is 1. The normalized spacial score (nSPS) is 11.6. The van der Waals surface area contributed by atoms with Gasteiger partial charge in [0.15, 0.2) is 0 Å². The molecule has 0 aromatic heterocycles. The van der Waals surface area contributed by atoms with Crippen molar-refractivity contribution < 1.29 is 20.0 Å². The van der Waals surface area contributed by atoms with Crippen molar-refractivity contribution in [3.63, 3.8) is 0 Å². The van der Waals surface area contributed by atoms with E-state index in [0.29, 0.717) is 18.8 Å². The minimum absolute atomic E-state index is 0.137. The molecule has 0 unspecified atom stereocenters. The standard InChI is InChI=1S/C19H23N3O3/c1-14-6-5-9-16(12-14)20-10-11-21-17(19(24)25)13-18(23)22-15-7-3-2-4-8-15/h2-9,12,17,20-21H,10-11,13H2,1H3,(H,22,23)(H,24,25)/t17-/m1/s1. The van der Waals surface area contributed by atoms with Gasteiger partial charge in [0, 0.05) is 11.4 Å². The fourth-order valence-corrected chi connectivity index (χ4v) is 2.45. The van der Waals surface area contributed by atoms with Crippen LogP contribution in [0.15, 0.2) is 54.6 Å². The van der Waals surface area contributed by atoms with Crippen molar-refractivity contribution >= 4 is 23.3 Å². The lowest BCUT2D eigenvalue weighted by atomic mass is 10.2. The van der Waals surface area contributed by atoms with Crippen molar-refractivity contribution in [2.24, 2.45) is 0 Å². The van der Waals surface area contributed by atoms with Gasteiger partial charge in [-0.15, -0.1) is 0 Å². The van der Waals surface area contributed by atoms with Gasteiger partial charge in [-0.05, 0) is 36.8 Å². The van der Waals surface area contributed by atoms with Crippen molar-refractivity contribution in [1.29, 1.82) is 0 Å². The monoisotopic (exact) mass is 341 g/mol. The molecular weight excluding hydrogens is 318 g/mol. The number of nitrogens with one attached hydrogen (secondary N) is 2. The second kappa shape index (κ2) is 9.44. The topological polar surface area (TPSA) is 97.9 Å². The molecule has 0 spiro atoms. The first-order valence-corrected chi connectivity index (χ1v) is 8.24. The average molecular weight is 341 g/mol. The molecule has 0 saturated heterocycles. The van der Waals surface area contributed by atoms with Gasteiger partial charge < -0.3 is 25.9 Å². The molecule has 0 radical (unpaired) electrons. The van der Waals surface area contributed by atoms with E-state index in [1.807, 2.05) is 37.3 Å². The molecule has 2 aromatic rings. The Balaban J connectivity index is 1.76. The number of carbonyl (C=O) groups is 2. The SMILES string of the molecule is Cc1cccc(NCC[NH2+][C@H](CC(=O)Nc2ccccc2)C(=O)[O-])c1. The lowest BCUT2D eigenvalue weighted by Gasteiger charge is -2.17. The van der Waals surface area contributed by atoms with Gasteiger partial charge in [-0.1, -0.05) is 30.3 Å². The third-order valence-electron chi connectivity index (χ3n) is 3.71. The Bertz CT molecular complexity index is 704. The number of carbonyl (C=O) groups excluding carboxylic acids is 2. The van der Waals surface area contributed by atoms with Crippen molar-refractivity contribution in [2.75, 3.05) is 23.7 Å². The molecule has 0 heterocycles. The first-order chi connectivity index (χ1) is 12.0. The number of hydrogen-bond acceptors (Lipinski definition) is 4. The second-order valence-corrected chi connectivity index (χ2v) is 5.86. The molecule has 132 valence electrons. The van der Waals surface area contributed by atoms with E-state index < -0.39 is 12.0 Å². The van der Waals surface area contributed by atoms with Crippen LogP contribution in [-0.4, -0.2) is 31.0 Å². The van der Waals surface area contributed by atoms with Crippen LogP contribution in [0, 0.1) is 6.92 Å². The summed E-state index contributed by atoms with van der Waals surface area (Å²) in [7, 11) is 0. The summed E-state index contributed by atoms with van der Waals surface area (Å²) in [5.74, 6) is -1.58. The van der Waals surface area contributed by atoms with Gasteiger partial charge >= 0.3 is 0 Å². The fraction of sp³-hybridized carbons (Fsp3) is 0.263. The number of aryl methyl sites for hydroxylation is 1. The van der Waals surface area contributed by atoms with E-state index in [0.717, 1.165) is 11.3 Å². The summed E-state index contributed by atoms with van der Waals surface area (Å²) in [6.45, 7) is 3.12. The molecule has 6 nitrogen and oxygen atoms in total. The van der Waals surface area contributed by atoms with Crippen LogP contribution in [0.4, 0.5) is 11.4 Å². The van der Waals surface area contributed by atoms with Crippen molar-refractivity contribution in [2.45, 2.75) is 19.4 Å². The van der Waals surface area contributed by atoms with E-state index in [9.17, 15) is 14.7 Å². The summed E-state index contributed by atoms with van der Waals surface area (Å²) in [5, 5.41) is 18.8. The molecule has 0 bridgehead atoms. The lowest BCUT2D eigenvalue weighted by Crippen LogP contribution is -2.94. The van der Waals surface area contributed by atoms with E-state index in [4.69, 9.17) is 0 Å². The molecule has 1 atom stereocenters. The van der Waals surface area contributed by atoms with Crippen molar-refractivity contribution in [1.82, 2.24) is 0 Å². The second-order valence-electron chi connectivity index (χ2n) is 5.86. The first kappa shape index (κ1) is 18.5. The third kappa shape index (κ3) is 6.64. The summed E-state index contributed by atoms with van der Waals surface area (Å²) in [4.78, 5) is 23.2. The zero-order chi connectivity index (χ0) is 18.1. The first-order valence-electron chi connectivity index (χ1n) is 8.24. The number of nitrogens with two attached hydrogens (primary N) is 1. The van der Waals surface area contributed by atoms with Crippen LogP contribution in [0.5, 0.6) is 0 Å². The number of hydrogen-bond donors (Lipinski definition) is 3. The van der Waals surface area contributed by atoms with Gasteiger partial charge in [0.2, 0.25) is 5.91 Å². The number of anilines is 2. The molecule has 0 aliphatic rings. The zero-order valence-electron chi connectivity index (χ0n) is 14.2. The largest absolute Gasteiger partial charge is 0.544 e. The van der Waals surface area contributed by atoms with Crippen molar-refractivity contribution in [3.8, 4) is 0 Å². The van der Waals surface area contributed by atoms with Crippen LogP contribution in [0.2, 0.25) is 0 Å². The van der Waals surface area contributed by atoms with Gasteiger partial charge in [-0.25, -0.2) is 0 Å². The van der Waals surface area contributed by atoms with E-state index in [-0.39, 0.29) is 12.3 Å². The van der Waals surface area contributed by atoms with Gasteiger partial charge in [0.25, 0.3) is 0 Å². The van der Waals surface area contributed by atoms with Crippen LogP contribution in [0.3, 0.4) is 0 Å². The number of para-hydroxylation sites is 1. The van der Waals surface area contributed by atoms with Crippen LogP contribution in [0.1, 0.15) is 12.0 Å². The quantitative estimate of drug-likeness (QED) is 0.564. The molecular formula is C19H23N3O3. The number of carboxylic acid groups (broad SMARTS) is 1. The van der Waals surface area contributed by atoms with Crippen molar-refractivity contribution in [3.05, 3.63) is 60.2 Å². The lowest BCUT2D eigenvalue weighted by molar-refractivity contribution is -0.680. The van der Waals surface area contributed by atoms with Crippen LogP contribution in [-0.2, 0) is 9.59 Å². The molecule has 0 aliphatic carbocycles. The van der Waals surface area contributed by atoms with Crippen LogP contribution < -0.4 is 21.1 Å². The highest BCUT2D eigenvalue weighted by molar-refractivity contribution is 5.93. The number of aliphatic carboxylic acids is 1. The third-order valence-corrected chi connectivity index (χ3v) is 3.71. The van der Waals surface area contributed by atoms with Crippen LogP contribution >= 0.6 is 0 Å². The number of quaternary nitrogens is 1. The predicted octanol–water partition coefficient (Wildman–Crippen LogP) is 0.118. The summed E-state index contributed by atoms with van der Waals surface area (Å²) >= 11 is 0. The number of rotatable bonds is 9. The highest BCUT2D eigenvalue weighted by Gasteiger charge is 2.18. The van der Waals surface area contributed by atoms with E-state index in [1.165, 1.54) is 0 Å². The fourth-order valence-electron chi connectivity index (χ4n) is 2.45. The molecule has 25 heavy (non-hydrogen) atoms. The van der Waals surface area contributed by atoms with Crippen LogP contribution in [0.25, 0.3) is 0 Å². The minimum atomic E-state index is -1.24. The Morgan fingerprint density at radius 2 is 1.80 bits per heavy atom. The Morgan fingerprint density at radius 1 is 1.08 bits per heavy atom. The molecule has 2 rings (SSSR count). The highest BCUT2D eigenvalue weighted by Crippen LogP contribution is 2.08. The number of benzene rings is 2. The molecule has 0 saturated carbocycles. The molecule has 2 aromatic carbocycles. The predicted molar refractivity (Wildman–Crippen MR) is 94.9 cm³/mol. The summed E-state index contributed by atoms with van der Waals surface area (Å²) in [6.07, 6.45) is -0.137. The Labute approximate surface area is 147 Å². The molecule has 1 amide bonds. The Hall–Kier alpha value is -2.86. The molecule has 0 aliphatic heterocycles. The summed E-state index contributed by atoms with van der Waals surface area (Å²) < 4.78 is 0. The number of amides is 1. The molecule has 4 N–H and O–H groups in total. The van der Waals surface area contributed by atoms with Gasteiger partial charge in [0.1, 0.15) is 6.04 Å². The maximum absolute atomic E-state index is 12.0.